The molecule has 2 saturated carbocycles. The lowest BCUT2D eigenvalue weighted by atomic mass is 9.91. The summed E-state index contributed by atoms with van der Waals surface area (Å²) in [6.07, 6.45) is 10.1. The second-order valence-electron chi connectivity index (χ2n) is 9.42. The van der Waals surface area contributed by atoms with Gasteiger partial charge in [-0.05, 0) is 68.6 Å². The standard InChI is InChI=1S/C24H27N7O2S/c32-21(15-6-7-15)29-23-20(22(33)26-12-14-4-5-14)17-11-16(8-9-18(17)34-23)31-13-27-30-24(31)28-19-3-1-2-10-25-19/h1-3,10,13-16H,4-9,11-12H2,(H,26,33)(H,29,32)(H,25,28,30). The van der Waals surface area contributed by atoms with Crippen molar-refractivity contribution < 1.29 is 9.59 Å². The molecule has 10 heteroatoms. The van der Waals surface area contributed by atoms with Gasteiger partial charge < -0.3 is 16.0 Å². The Kier molecular flexibility index (Phi) is 5.52. The first-order valence-corrected chi connectivity index (χ1v) is 12.8. The van der Waals surface area contributed by atoms with Crippen LogP contribution in [0.15, 0.2) is 30.7 Å². The van der Waals surface area contributed by atoms with E-state index in [4.69, 9.17) is 0 Å². The number of amides is 2. The third kappa shape index (κ3) is 4.42. The van der Waals surface area contributed by atoms with E-state index in [2.05, 4.69) is 31.1 Å². The number of carbonyl (C=O) groups is 2. The minimum Gasteiger partial charge on any atom is -0.352 e. The van der Waals surface area contributed by atoms with Gasteiger partial charge in [-0.25, -0.2) is 4.98 Å². The maximum atomic E-state index is 13.3. The number of pyridine rings is 1. The molecule has 3 heterocycles. The molecule has 3 aliphatic carbocycles. The van der Waals surface area contributed by atoms with Crippen LogP contribution in [0.25, 0.3) is 0 Å². The normalized spacial score (nSPS) is 19.4. The van der Waals surface area contributed by atoms with Crippen molar-refractivity contribution in [2.75, 3.05) is 17.2 Å². The number of fused-ring (bicyclic) bond motifs is 1. The molecule has 0 radical (unpaired) electrons. The van der Waals surface area contributed by atoms with Gasteiger partial charge in [0.25, 0.3) is 5.91 Å². The zero-order chi connectivity index (χ0) is 23.1. The first-order valence-electron chi connectivity index (χ1n) is 12.0. The quantitative estimate of drug-likeness (QED) is 0.456. The van der Waals surface area contributed by atoms with E-state index >= 15 is 0 Å². The van der Waals surface area contributed by atoms with Crippen LogP contribution in [-0.4, -0.2) is 38.1 Å². The number of rotatable bonds is 8. The van der Waals surface area contributed by atoms with Crippen LogP contribution in [0.4, 0.5) is 16.8 Å². The van der Waals surface area contributed by atoms with Crippen LogP contribution in [0, 0.1) is 11.8 Å². The molecule has 0 aromatic carbocycles. The molecule has 3 aliphatic rings. The van der Waals surface area contributed by atoms with E-state index in [0.717, 1.165) is 31.2 Å². The van der Waals surface area contributed by atoms with E-state index < -0.39 is 0 Å². The summed E-state index contributed by atoms with van der Waals surface area (Å²) < 4.78 is 2.03. The van der Waals surface area contributed by atoms with E-state index in [9.17, 15) is 9.59 Å². The smallest absolute Gasteiger partial charge is 0.254 e. The topological polar surface area (TPSA) is 114 Å². The molecule has 0 saturated heterocycles. The fourth-order valence-electron chi connectivity index (χ4n) is 4.49. The fourth-order valence-corrected chi connectivity index (χ4v) is 5.73. The van der Waals surface area contributed by atoms with Crippen LogP contribution in [0.2, 0.25) is 0 Å². The number of nitrogens with one attached hydrogen (secondary N) is 3. The van der Waals surface area contributed by atoms with Gasteiger partial charge in [0.1, 0.15) is 17.1 Å². The van der Waals surface area contributed by atoms with Gasteiger partial charge in [-0.1, -0.05) is 6.07 Å². The lowest BCUT2D eigenvalue weighted by molar-refractivity contribution is -0.117. The number of hydrogen-bond donors (Lipinski definition) is 3. The Bertz CT molecular complexity index is 1210. The number of aryl methyl sites for hydroxylation is 1. The number of carbonyl (C=O) groups excluding carboxylic acids is 2. The van der Waals surface area contributed by atoms with Crippen molar-refractivity contribution in [3.63, 3.8) is 0 Å². The minimum atomic E-state index is -0.0771. The second-order valence-corrected chi connectivity index (χ2v) is 10.5. The summed E-state index contributed by atoms with van der Waals surface area (Å²) in [5, 5.41) is 18.5. The zero-order valence-corrected chi connectivity index (χ0v) is 19.6. The molecular weight excluding hydrogens is 450 g/mol. The third-order valence-corrected chi connectivity index (χ3v) is 7.97. The Morgan fingerprint density at radius 2 is 2.03 bits per heavy atom. The molecular formula is C24H27N7O2S. The fraction of sp³-hybridized carbons (Fsp3) is 0.458. The Hall–Kier alpha value is -3.27. The Balaban J connectivity index is 1.27. The summed E-state index contributed by atoms with van der Waals surface area (Å²) in [4.78, 5) is 31.3. The molecule has 6 rings (SSSR count). The first kappa shape index (κ1) is 21.3. The van der Waals surface area contributed by atoms with Crippen LogP contribution in [0.5, 0.6) is 0 Å². The highest BCUT2D eigenvalue weighted by molar-refractivity contribution is 7.17. The predicted octanol–water partition coefficient (Wildman–Crippen LogP) is 3.70. The molecule has 0 bridgehead atoms. The molecule has 1 atom stereocenters. The van der Waals surface area contributed by atoms with Gasteiger partial charge in [-0.3, -0.25) is 14.2 Å². The highest BCUT2D eigenvalue weighted by Crippen LogP contribution is 2.42. The van der Waals surface area contributed by atoms with Crippen LogP contribution < -0.4 is 16.0 Å². The molecule has 2 fully saturated rings. The zero-order valence-electron chi connectivity index (χ0n) is 18.8. The lowest BCUT2D eigenvalue weighted by Gasteiger charge is -2.25. The first-order chi connectivity index (χ1) is 16.7. The highest BCUT2D eigenvalue weighted by atomic mass is 32.1. The molecule has 34 heavy (non-hydrogen) atoms. The Labute approximate surface area is 201 Å². The summed E-state index contributed by atoms with van der Waals surface area (Å²) >= 11 is 1.56. The van der Waals surface area contributed by atoms with E-state index in [0.29, 0.717) is 41.2 Å². The van der Waals surface area contributed by atoms with Gasteiger partial charge in [0.05, 0.1) is 5.56 Å². The van der Waals surface area contributed by atoms with Crippen LogP contribution in [-0.2, 0) is 17.6 Å². The largest absolute Gasteiger partial charge is 0.352 e. The molecule has 3 aromatic heterocycles. The summed E-state index contributed by atoms with van der Waals surface area (Å²) in [5.74, 6) is 1.97. The summed E-state index contributed by atoms with van der Waals surface area (Å²) in [6.45, 7) is 0.701. The molecule has 3 N–H and O–H groups in total. The van der Waals surface area contributed by atoms with E-state index in [-0.39, 0.29) is 23.8 Å². The van der Waals surface area contributed by atoms with Gasteiger partial charge in [0, 0.05) is 29.6 Å². The second kappa shape index (κ2) is 8.83. The van der Waals surface area contributed by atoms with Gasteiger partial charge >= 0.3 is 0 Å². The SMILES string of the molecule is O=C(NCC1CC1)c1c(NC(=O)C2CC2)sc2c1CC(n1cnnc1Nc1ccccn1)CC2. The Morgan fingerprint density at radius 3 is 2.79 bits per heavy atom. The van der Waals surface area contributed by atoms with Crippen molar-refractivity contribution in [1.82, 2.24) is 25.1 Å². The number of hydrogen-bond acceptors (Lipinski definition) is 7. The molecule has 0 spiro atoms. The maximum absolute atomic E-state index is 13.3. The highest BCUT2D eigenvalue weighted by Gasteiger charge is 2.35. The summed E-state index contributed by atoms with van der Waals surface area (Å²) in [6, 6.07) is 5.77. The van der Waals surface area contributed by atoms with Crippen molar-refractivity contribution >= 4 is 39.9 Å². The molecule has 9 nitrogen and oxygen atoms in total. The van der Waals surface area contributed by atoms with Crippen LogP contribution in [0.3, 0.4) is 0 Å². The maximum Gasteiger partial charge on any atom is 0.254 e. The van der Waals surface area contributed by atoms with Gasteiger partial charge in [0.15, 0.2) is 0 Å². The number of aromatic nitrogens is 4. The van der Waals surface area contributed by atoms with Crippen molar-refractivity contribution in [1.29, 1.82) is 0 Å². The average molecular weight is 478 g/mol. The van der Waals surface area contributed by atoms with E-state index in [1.54, 1.807) is 23.9 Å². The number of nitrogens with zero attached hydrogens (tertiary/aromatic N) is 4. The van der Waals surface area contributed by atoms with Crippen molar-refractivity contribution in [3.05, 3.63) is 46.7 Å². The Morgan fingerprint density at radius 1 is 1.15 bits per heavy atom. The average Bonchev–Trinajstić information content (AvgIpc) is 3.77. The van der Waals surface area contributed by atoms with E-state index in [1.807, 2.05) is 22.8 Å². The van der Waals surface area contributed by atoms with Crippen molar-refractivity contribution in [2.24, 2.45) is 11.8 Å². The van der Waals surface area contributed by atoms with Gasteiger partial charge in [0.2, 0.25) is 11.9 Å². The molecule has 2 amide bonds. The third-order valence-electron chi connectivity index (χ3n) is 6.77. The van der Waals surface area contributed by atoms with Crippen LogP contribution in [0.1, 0.15) is 58.9 Å². The van der Waals surface area contributed by atoms with Gasteiger partial charge in [-0.15, -0.1) is 21.5 Å². The van der Waals surface area contributed by atoms with Crippen LogP contribution >= 0.6 is 11.3 Å². The van der Waals surface area contributed by atoms with Gasteiger partial charge in [-0.2, -0.15) is 0 Å². The molecule has 0 aliphatic heterocycles. The molecule has 176 valence electrons. The predicted molar refractivity (Wildman–Crippen MR) is 129 cm³/mol. The summed E-state index contributed by atoms with van der Waals surface area (Å²) in [5.41, 5.74) is 1.68. The minimum absolute atomic E-state index is 0.0343. The number of anilines is 3. The van der Waals surface area contributed by atoms with Crippen molar-refractivity contribution in [3.8, 4) is 0 Å². The molecule has 1 unspecified atom stereocenters. The lowest BCUT2D eigenvalue weighted by Crippen LogP contribution is -2.28. The summed E-state index contributed by atoms with van der Waals surface area (Å²) in [7, 11) is 0. The monoisotopic (exact) mass is 477 g/mol. The van der Waals surface area contributed by atoms with E-state index in [1.165, 1.54) is 17.7 Å². The van der Waals surface area contributed by atoms with Crippen molar-refractivity contribution in [2.45, 2.75) is 51.0 Å². The molecule has 3 aromatic rings. The number of thiophene rings is 1.